The van der Waals surface area contributed by atoms with Crippen LogP contribution in [0.15, 0.2) is 45.8 Å². The van der Waals surface area contributed by atoms with Crippen molar-refractivity contribution in [1.29, 1.82) is 0 Å². The van der Waals surface area contributed by atoms with E-state index in [0.29, 0.717) is 22.9 Å². The quantitative estimate of drug-likeness (QED) is 0.773. The van der Waals surface area contributed by atoms with Crippen LogP contribution in [0.25, 0.3) is 0 Å². The van der Waals surface area contributed by atoms with Gasteiger partial charge >= 0.3 is 0 Å². The number of aromatic nitrogens is 3. The van der Waals surface area contributed by atoms with E-state index in [0.717, 1.165) is 11.3 Å². The van der Waals surface area contributed by atoms with Crippen molar-refractivity contribution in [3.05, 3.63) is 69.0 Å². The van der Waals surface area contributed by atoms with Gasteiger partial charge in [0.15, 0.2) is 0 Å². The van der Waals surface area contributed by atoms with Crippen molar-refractivity contribution in [2.24, 2.45) is 0 Å². The van der Waals surface area contributed by atoms with E-state index in [1.54, 1.807) is 24.5 Å². The van der Waals surface area contributed by atoms with Gasteiger partial charge in [-0.15, -0.1) is 10.2 Å². The molecule has 0 unspecified atom stereocenters. The molecule has 112 valence electrons. The molecule has 2 heterocycles. The molecule has 22 heavy (non-hydrogen) atoms. The normalized spacial score (nSPS) is 10.6. The van der Waals surface area contributed by atoms with Crippen molar-refractivity contribution in [3.8, 4) is 0 Å². The molecule has 0 spiro atoms. The highest BCUT2D eigenvalue weighted by molar-refractivity contribution is 6.31. The number of halogens is 1. The maximum Gasteiger partial charge on any atom is 0.274 e. The Labute approximate surface area is 131 Å². The highest BCUT2D eigenvalue weighted by atomic mass is 35.5. The Kier molecular flexibility index (Phi) is 3.93. The standard InChI is InChI=1S/C15H13ClN4O2/c1-9-11(16)5-2-6-12(9)17-15-18-14(21)13(19-20-15)8-10-4-3-7-22-10/h2-7H,8H2,1H3,(H2,17,18,20,21). The molecular formula is C15H13ClN4O2. The fourth-order valence-electron chi connectivity index (χ4n) is 1.98. The summed E-state index contributed by atoms with van der Waals surface area (Å²) < 4.78 is 5.20. The molecular weight excluding hydrogens is 304 g/mol. The highest BCUT2D eigenvalue weighted by Crippen LogP contribution is 2.24. The lowest BCUT2D eigenvalue weighted by atomic mass is 10.2. The van der Waals surface area contributed by atoms with Crippen LogP contribution in [-0.2, 0) is 6.42 Å². The third-order valence-electron chi connectivity index (χ3n) is 3.21. The summed E-state index contributed by atoms with van der Waals surface area (Å²) in [6.45, 7) is 1.88. The van der Waals surface area contributed by atoms with Crippen LogP contribution < -0.4 is 10.9 Å². The number of aromatic amines is 1. The minimum atomic E-state index is -0.311. The molecule has 3 rings (SSSR count). The maximum absolute atomic E-state index is 12.0. The second-order valence-corrected chi connectivity index (χ2v) is 5.15. The van der Waals surface area contributed by atoms with Gasteiger partial charge in [0, 0.05) is 10.7 Å². The first kappa shape index (κ1) is 14.3. The molecule has 7 heteroatoms. The van der Waals surface area contributed by atoms with E-state index in [4.69, 9.17) is 16.0 Å². The van der Waals surface area contributed by atoms with Crippen molar-refractivity contribution >= 4 is 23.2 Å². The number of H-pyrrole nitrogens is 1. The predicted octanol–water partition coefficient (Wildman–Crippen LogP) is 3.05. The minimum absolute atomic E-state index is 0.263. The van der Waals surface area contributed by atoms with E-state index < -0.39 is 0 Å². The van der Waals surface area contributed by atoms with Gasteiger partial charge in [0.25, 0.3) is 5.56 Å². The Morgan fingerprint density at radius 2 is 2.14 bits per heavy atom. The summed E-state index contributed by atoms with van der Waals surface area (Å²) >= 11 is 6.06. The molecule has 2 N–H and O–H groups in total. The molecule has 6 nitrogen and oxygen atoms in total. The third kappa shape index (κ3) is 3.01. The van der Waals surface area contributed by atoms with Crippen LogP contribution in [0.1, 0.15) is 17.0 Å². The molecule has 0 atom stereocenters. The van der Waals surface area contributed by atoms with Crippen molar-refractivity contribution in [2.45, 2.75) is 13.3 Å². The first-order valence-corrected chi connectivity index (χ1v) is 7.01. The second-order valence-electron chi connectivity index (χ2n) is 4.74. The Morgan fingerprint density at radius 3 is 2.86 bits per heavy atom. The number of nitrogens with zero attached hydrogens (tertiary/aromatic N) is 2. The Balaban J connectivity index is 1.83. The fraction of sp³-hybridized carbons (Fsp3) is 0.133. The van der Waals surface area contributed by atoms with Crippen molar-refractivity contribution in [1.82, 2.24) is 15.2 Å². The average molecular weight is 317 g/mol. The number of anilines is 2. The highest BCUT2D eigenvalue weighted by Gasteiger charge is 2.09. The van der Waals surface area contributed by atoms with Gasteiger partial charge in [0.05, 0.1) is 12.7 Å². The van der Waals surface area contributed by atoms with E-state index in [-0.39, 0.29) is 11.5 Å². The van der Waals surface area contributed by atoms with Crippen LogP contribution in [0, 0.1) is 6.92 Å². The van der Waals surface area contributed by atoms with Crippen LogP contribution >= 0.6 is 11.6 Å². The summed E-state index contributed by atoms with van der Waals surface area (Å²) in [6.07, 6.45) is 1.85. The molecule has 0 saturated heterocycles. The molecule has 0 aliphatic heterocycles. The zero-order chi connectivity index (χ0) is 15.5. The molecule has 0 aliphatic rings. The lowest BCUT2D eigenvalue weighted by Gasteiger charge is -2.09. The summed E-state index contributed by atoms with van der Waals surface area (Å²) in [7, 11) is 0. The van der Waals surface area contributed by atoms with Crippen LogP contribution in [0.4, 0.5) is 11.6 Å². The molecule has 0 amide bonds. The number of hydrogen-bond donors (Lipinski definition) is 2. The molecule has 2 aromatic heterocycles. The summed E-state index contributed by atoms with van der Waals surface area (Å²) in [5.74, 6) is 0.921. The maximum atomic E-state index is 12.0. The Bertz CT molecular complexity index is 843. The zero-order valence-electron chi connectivity index (χ0n) is 11.8. The molecule has 1 aromatic carbocycles. The van der Waals surface area contributed by atoms with Crippen LogP contribution in [-0.4, -0.2) is 15.2 Å². The van der Waals surface area contributed by atoms with E-state index in [2.05, 4.69) is 20.5 Å². The van der Waals surface area contributed by atoms with E-state index in [9.17, 15) is 4.79 Å². The fourth-order valence-corrected chi connectivity index (χ4v) is 2.16. The van der Waals surface area contributed by atoms with Gasteiger partial charge in [0.2, 0.25) is 5.95 Å². The molecule has 3 aromatic rings. The molecule has 0 aliphatic carbocycles. The van der Waals surface area contributed by atoms with Gasteiger partial charge < -0.3 is 9.73 Å². The molecule has 0 radical (unpaired) electrons. The largest absolute Gasteiger partial charge is 0.469 e. The molecule has 0 fully saturated rings. The van der Waals surface area contributed by atoms with Gasteiger partial charge in [-0.1, -0.05) is 17.7 Å². The number of hydrogen-bond acceptors (Lipinski definition) is 5. The summed E-state index contributed by atoms with van der Waals surface area (Å²) in [6, 6.07) is 8.99. The van der Waals surface area contributed by atoms with Crippen molar-refractivity contribution in [3.63, 3.8) is 0 Å². The summed E-state index contributed by atoms with van der Waals surface area (Å²) in [5.41, 5.74) is 1.61. The average Bonchev–Trinajstić information content (AvgIpc) is 3.00. The van der Waals surface area contributed by atoms with Gasteiger partial charge in [-0.3, -0.25) is 9.78 Å². The number of rotatable bonds is 4. The number of benzene rings is 1. The predicted molar refractivity (Wildman–Crippen MR) is 83.6 cm³/mol. The van der Waals surface area contributed by atoms with Crippen LogP contribution in [0.2, 0.25) is 5.02 Å². The van der Waals surface area contributed by atoms with Gasteiger partial charge in [0.1, 0.15) is 11.5 Å². The van der Waals surface area contributed by atoms with Gasteiger partial charge in [-0.25, -0.2) is 0 Å². The second kappa shape index (κ2) is 6.03. The van der Waals surface area contributed by atoms with Gasteiger partial charge in [-0.05, 0) is 36.8 Å². The van der Waals surface area contributed by atoms with E-state index >= 15 is 0 Å². The first-order chi connectivity index (χ1) is 10.6. The van der Waals surface area contributed by atoms with Crippen molar-refractivity contribution < 1.29 is 4.42 Å². The number of nitrogens with one attached hydrogen (secondary N) is 2. The van der Waals surface area contributed by atoms with Gasteiger partial charge in [-0.2, -0.15) is 0 Å². The minimum Gasteiger partial charge on any atom is -0.469 e. The lowest BCUT2D eigenvalue weighted by Crippen LogP contribution is -2.18. The smallest absolute Gasteiger partial charge is 0.274 e. The van der Waals surface area contributed by atoms with E-state index in [1.807, 2.05) is 19.1 Å². The van der Waals surface area contributed by atoms with Crippen LogP contribution in [0.5, 0.6) is 0 Å². The third-order valence-corrected chi connectivity index (χ3v) is 3.62. The SMILES string of the molecule is Cc1c(Cl)cccc1Nc1nnc(Cc2ccco2)c(=O)[nH]1. The zero-order valence-corrected chi connectivity index (χ0v) is 12.5. The van der Waals surface area contributed by atoms with E-state index in [1.165, 1.54) is 0 Å². The monoisotopic (exact) mass is 316 g/mol. The Hall–Kier alpha value is -2.60. The number of furan rings is 1. The lowest BCUT2D eigenvalue weighted by molar-refractivity contribution is 0.517. The summed E-state index contributed by atoms with van der Waals surface area (Å²) in [4.78, 5) is 14.7. The molecule has 0 saturated carbocycles. The topological polar surface area (TPSA) is 83.8 Å². The Morgan fingerprint density at radius 1 is 1.27 bits per heavy atom. The summed E-state index contributed by atoms with van der Waals surface area (Å²) in [5, 5.41) is 11.6. The van der Waals surface area contributed by atoms with Crippen LogP contribution in [0.3, 0.4) is 0 Å². The first-order valence-electron chi connectivity index (χ1n) is 6.64. The van der Waals surface area contributed by atoms with Crippen molar-refractivity contribution in [2.75, 3.05) is 5.32 Å². The molecule has 0 bridgehead atoms.